The van der Waals surface area contributed by atoms with Crippen molar-refractivity contribution in [2.24, 2.45) is 7.05 Å². The molecule has 0 aromatic carbocycles. The van der Waals surface area contributed by atoms with Crippen LogP contribution in [0.4, 0.5) is 0 Å². The first-order valence-corrected chi connectivity index (χ1v) is 8.26. The summed E-state index contributed by atoms with van der Waals surface area (Å²) in [5.74, 6) is -0.565. The molecular formula is C15H18N2O4S. The van der Waals surface area contributed by atoms with Crippen molar-refractivity contribution < 1.29 is 9.53 Å². The number of fused-ring (bicyclic) bond motifs is 3. The smallest absolute Gasteiger partial charge is 0.332 e. The Morgan fingerprint density at radius 3 is 2.73 bits per heavy atom. The second kappa shape index (κ2) is 5.72. The molecule has 0 saturated heterocycles. The number of nitrogens with zero attached hydrogens (tertiary/aromatic N) is 2. The van der Waals surface area contributed by atoms with E-state index in [-0.39, 0.29) is 18.7 Å². The standard InChI is InChI=1S/C15H18N2O4S/c1-3-21-11(18)8-17-13(19)12-9-6-4-5-7-10(9)22-14(12)16(2)15(17)20/h3-8H2,1-2H3. The average Bonchev–Trinajstić information content (AvgIpc) is 2.89. The van der Waals surface area contributed by atoms with E-state index in [0.717, 1.165) is 35.8 Å². The van der Waals surface area contributed by atoms with Crippen LogP contribution >= 0.6 is 11.3 Å². The van der Waals surface area contributed by atoms with E-state index in [1.165, 1.54) is 20.8 Å². The van der Waals surface area contributed by atoms with Crippen molar-refractivity contribution in [3.63, 3.8) is 0 Å². The first-order chi connectivity index (χ1) is 10.5. The van der Waals surface area contributed by atoms with E-state index in [4.69, 9.17) is 4.74 Å². The molecule has 0 fully saturated rings. The highest BCUT2D eigenvalue weighted by atomic mass is 32.1. The molecule has 22 heavy (non-hydrogen) atoms. The lowest BCUT2D eigenvalue weighted by Gasteiger charge is -2.11. The van der Waals surface area contributed by atoms with Crippen molar-refractivity contribution in [2.45, 2.75) is 39.2 Å². The van der Waals surface area contributed by atoms with Gasteiger partial charge in [0.1, 0.15) is 11.4 Å². The van der Waals surface area contributed by atoms with Crippen LogP contribution in [0.3, 0.4) is 0 Å². The van der Waals surface area contributed by atoms with Crippen molar-refractivity contribution >= 4 is 27.5 Å². The molecule has 7 heteroatoms. The quantitative estimate of drug-likeness (QED) is 0.796. The summed E-state index contributed by atoms with van der Waals surface area (Å²) in [4.78, 5) is 38.7. The summed E-state index contributed by atoms with van der Waals surface area (Å²) in [6.45, 7) is 1.58. The third-order valence-corrected chi connectivity index (χ3v) is 5.40. The second-order valence-electron chi connectivity index (χ2n) is 5.43. The summed E-state index contributed by atoms with van der Waals surface area (Å²) in [5.41, 5.74) is 0.221. The van der Waals surface area contributed by atoms with E-state index >= 15 is 0 Å². The third kappa shape index (κ3) is 2.29. The number of carbonyl (C=O) groups excluding carboxylic acids is 1. The highest BCUT2D eigenvalue weighted by Gasteiger charge is 2.23. The zero-order chi connectivity index (χ0) is 15.9. The van der Waals surface area contributed by atoms with Crippen molar-refractivity contribution in [3.8, 4) is 0 Å². The summed E-state index contributed by atoms with van der Waals surface area (Å²) in [5, 5.41) is 0.603. The largest absolute Gasteiger partial charge is 0.465 e. The number of aromatic nitrogens is 2. The van der Waals surface area contributed by atoms with Gasteiger partial charge in [-0.1, -0.05) is 0 Å². The minimum atomic E-state index is -0.565. The van der Waals surface area contributed by atoms with Crippen LogP contribution in [0.5, 0.6) is 0 Å². The highest BCUT2D eigenvalue weighted by molar-refractivity contribution is 7.18. The monoisotopic (exact) mass is 322 g/mol. The molecule has 118 valence electrons. The molecule has 1 aliphatic rings. The van der Waals surface area contributed by atoms with Crippen molar-refractivity contribution in [2.75, 3.05) is 6.61 Å². The normalized spacial score (nSPS) is 14.1. The Morgan fingerprint density at radius 2 is 2.00 bits per heavy atom. The molecule has 0 aliphatic heterocycles. The van der Waals surface area contributed by atoms with Gasteiger partial charge in [0.05, 0.1) is 12.0 Å². The van der Waals surface area contributed by atoms with E-state index in [1.807, 2.05) is 0 Å². The Labute approximate surface area is 130 Å². The number of carbonyl (C=O) groups is 1. The fraction of sp³-hybridized carbons (Fsp3) is 0.533. The molecule has 2 aromatic rings. The Morgan fingerprint density at radius 1 is 1.27 bits per heavy atom. The van der Waals surface area contributed by atoms with E-state index in [0.29, 0.717) is 10.2 Å². The maximum Gasteiger partial charge on any atom is 0.332 e. The Balaban J connectivity index is 2.24. The topological polar surface area (TPSA) is 70.3 Å². The Hall–Kier alpha value is -1.89. The predicted molar refractivity (Wildman–Crippen MR) is 84.6 cm³/mol. The SMILES string of the molecule is CCOC(=O)Cn1c(=O)c2c3c(sc2n(C)c1=O)CCCC3. The fourth-order valence-electron chi connectivity index (χ4n) is 2.97. The van der Waals surface area contributed by atoms with Gasteiger partial charge < -0.3 is 4.74 Å². The third-order valence-electron chi connectivity index (χ3n) is 4.03. The van der Waals surface area contributed by atoms with Crippen LogP contribution in [-0.2, 0) is 36.0 Å². The number of hydrogen-bond donors (Lipinski definition) is 0. The number of hydrogen-bond acceptors (Lipinski definition) is 5. The van der Waals surface area contributed by atoms with Crippen molar-refractivity contribution in [3.05, 3.63) is 31.3 Å². The number of thiophene rings is 1. The maximum atomic E-state index is 12.7. The molecule has 6 nitrogen and oxygen atoms in total. The molecule has 0 unspecified atom stereocenters. The molecule has 0 radical (unpaired) electrons. The molecule has 0 amide bonds. The maximum absolute atomic E-state index is 12.7. The Bertz CT molecular complexity index is 859. The van der Waals surface area contributed by atoms with Crippen molar-refractivity contribution in [1.82, 2.24) is 9.13 Å². The van der Waals surface area contributed by atoms with Gasteiger partial charge in [0, 0.05) is 11.9 Å². The lowest BCUT2D eigenvalue weighted by atomic mass is 9.97. The predicted octanol–water partition coefficient (Wildman–Crippen LogP) is 1.20. The van der Waals surface area contributed by atoms with Crippen LogP contribution in [-0.4, -0.2) is 21.7 Å². The van der Waals surface area contributed by atoms with E-state index in [2.05, 4.69) is 0 Å². The van der Waals surface area contributed by atoms with Crippen LogP contribution in [0.15, 0.2) is 9.59 Å². The molecule has 0 bridgehead atoms. The van der Waals surface area contributed by atoms with Crippen LogP contribution in [0.1, 0.15) is 30.2 Å². The van der Waals surface area contributed by atoms with Crippen LogP contribution in [0.25, 0.3) is 10.2 Å². The van der Waals surface area contributed by atoms with Gasteiger partial charge in [-0.2, -0.15) is 0 Å². The molecule has 1 aliphatic carbocycles. The number of esters is 1. The van der Waals surface area contributed by atoms with Gasteiger partial charge in [0.25, 0.3) is 5.56 Å². The van der Waals surface area contributed by atoms with Crippen LogP contribution < -0.4 is 11.2 Å². The first kappa shape index (κ1) is 15.0. The average molecular weight is 322 g/mol. The molecular weight excluding hydrogens is 304 g/mol. The molecule has 2 aromatic heterocycles. The van der Waals surface area contributed by atoms with E-state index in [1.54, 1.807) is 14.0 Å². The molecule has 0 atom stereocenters. The van der Waals surface area contributed by atoms with Gasteiger partial charge >= 0.3 is 11.7 Å². The zero-order valence-electron chi connectivity index (χ0n) is 12.7. The summed E-state index contributed by atoms with van der Waals surface area (Å²) in [6, 6.07) is 0. The lowest BCUT2D eigenvalue weighted by molar-refractivity contribution is -0.143. The summed E-state index contributed by atoms with van der Waals surface area (Å²) < 4.78 is 7.32. The van der Waals surface area contributed by atoms with Gasteiger partial charge in [-0.25, -0.2) is 9.36 Å². The summed E-state index contributed by atoms with van der Waals surface area (Å²) >= 11 is 1.53. The van der Waals surface area contributed by atoms with Crippen LogP contribution in [0.2, 0.25) is 0 Å². The molecule has 3 rings (SSSR count). The second-order valence-corrected chi connectivity index (χ2v) is 6.51. The minimum absolute atomic E-state index is 0.226. The first-order valence-electron chi connectivity index (χ1n) is 7.44. The lowest BCUT2D eigenvalue weighted by Crippen LogP contribution is -2.41. The van der Waals surface area contributed by atoms with E-state index < -0.39 is 11.7 Å². The Kier molecular flexibility index (Phi) is 3.90. The number of rotatable bonds is 3. The number of ether oxygens (including phenoxy) is 1. The van der Waals surface area contributed by atoms with Gasteiger partial charge in [-0.3, -0.25) is 14.2 Å². The minimum Gasteiger partial charge on any atom is -0.465 e. The summed E-state index contributed by atoms with van der Waals surface area (Å²) in [7, 11) is 1.65. The van der Waals surface area contributed by atoms with Gasteiger partial charge in [0.2, 0.25) is 0 Å². The van der Waals surface area contributed by atoms with Crippen LogP contribution in [0, 0.1) is 0 Å². The zero-order valence-corrected chi connectivity index (χ0v) is 13.5. The van der Waals surface area contributed by atoms with Gasteiger partial charge in [-0.05, 0) is 38.2 Å². The highest BCUT2D eigenvalue weighted by Crippen LogP contribution is 2.33. The molecule has 0 N–H and O–H groups in total. The molecule has 2 heterocycles. The van der Waals surface area contributed by atoms with Gasteiger partial charge in [-0.15, -0.1) is 11.3 Å². The van der Waals surface area contributed by atoms with Gasteiger partial charge in [0.15, 0.2) is 0 Å². The molecule has 0 saturated carbocycles. The van der Waals surface area contributed by atoms with E-state index in [9.17, 15) is 14.4 Å². The molecule has 0 spiro atoms. The fourth-order valence-corrected chi connectivity index (χ4v) is 4.31. The van der Waals surface area contributed by atoms with Crippen molar-refractivity contribution in [1.29, 1.82) is 0 Å². The summed E-state index contributed by atoms with van der Waals surface area (Å²) in [6.07, 6.45) is 3.99. The number of aryl methyl sites for hydroxylation is 3.